The van der Waals surface area contributed by atoms with Crippen molar-refractivity contribution in [1.82, 2.24) is 10.4 Å². The topological polar surface area (TPSA) is 88.1 Å². The van der Waals surface area contributed by atoms with Crippen molar-refractivity contribution in [2.45, 2.75) is 6.54 Å². The number of hydrogen-bond acceptors (Lipinski definition) is 5. The van der Waals surface area contributed by atoms with E-state index in [1.54, 1.807) is 6.07 Å². The zero-order chi connectivity index (χ0) is 14.4. The van der Waals surface area contributed by atoms with Crippen molar-refractivity contribution in [2.75, 3.05) is 21.3 Å². The second kappa shape index (κ2) is 6.60. The van der Waals surface area contributed by atoms with E-state index in [0.717, 1.165) is 0 Å². The number of benzene rings is 1. The minimum Gasteiger partial charge on any atom is -0.493 e. The summed E-state index contributed by atoms with van der Waals surface area (Å²) in [4.78, 5) is 22.1. The summed E-state index contributed by atoms with van der Waals surface area (Å²) < 4.78 is 10.3. The summed E-state index contributed by atoms with van der Waals surface area (Å²) in [5.41, 5.74) is 0.971. The van der Waals surface area contributed by atoms with Crippen LogP contribution < -0.4 is 14.8 Å². The molecule has 0 aromatic heterocycles. The average molecular weight is 268 g/mol. The molecule has 19 heavy (non-hydrogen) atoms. The largest absolute Gasteiger partial charge is 0.493 e. The number of carbonyl (C=O) groups is 2. The molecule has 2 amide bonds. The lowest BCUT2D eigenvalue weighted by atomic mass is 10.1. The van der Waals surface area contributed by atoms with Gasteiger partial charge in [-0.05, 0) is 12.1 Å². The highest BCUT2D eigenvalue weighted by Gasteiger charge is 2.14. The fraction of sp³-hybridized carbons (Fsp3) is 0.333. The molecule has 0 spiro atoms. The first-order chi connectivity index (χ1) is 9.03. The predicted molar refractivity (Wildman–Crippen MR) is 66.7 cm³/mol. The number of rotatable bonds is 5. The third-order valence-corrected chi connectivity index (χ3v) is 2.44. The number of aldehydes is 1. The lowest BCUT2D eigenvalue weighted by Crippen LogP contribution is -2.34. The van der Waals surface area contributed by atoms with Gasteiger partial charge in [0.05, 0.1) is 14.2 Å². The number of amides is 2. The summed E-state index contributed by atoms with van der Waals surface area (Å²) in [6.45, 7) is 0.0882. The molecule has 1 rings (SSSR count). The van der Waals surface area contributed by atoms with Crippen LogP contribution in [0.1, 0.15) is 15.9 Å². The second-order valence-electron chi connectivity index (χ2n) is 3.72. The lowest BCUT2D eigenvalue weighted by molar-refractivity contribution is -0.0184. The van der Waals surface area contributed by atoms with E-state index >= 15 is 0 Å². The lowest BCUT2D eigenvalue weighted by Gasteiger charge is -2.15. The number of hydrogen-bond donors (Lipinski definition) is 2. The van der Waals surface area contributed by atoms with Crippen LogP contribution in [0.25, 0.3) is 0 Å². The van der Waals surface area contributed by atoms with Crippen molar-refractivity contribution in [1.29, 1.82) is 0 Å². The molecule has 104 valence electrons. The van der Waals surface area contributed by atoms with Gasteiger partial charge in [-0.25, -0.2) is 9.86 Å². The van der Waals surface area contributed by atoms with Crippen LogP contribution in [0.5, 0.6) is 11.5 Å². The highest BCUT2D eigenvalue weighted by Crippen LogP contribution is 2.32. The predicted octanol–water partition coefficient (Wildman–Crippen LogP) is 1.05. The smallest absolute Gasteiger partial charge is 0.341 e. The van der Waals surface area contributed by atoms with Crippen molar-refractivity contribution in [3.05, 3.63) is 23.3 Å². The number of hydroxylamine groups is 2. The van der Waals surface area contributed by atoms with Crippen LogP contribution >= 0.6 is 0 Å². The molecule has 0 unspecified atom stereocenters. The van der Waals surface area contributed by atoms with Gasteiger partial charge in [-0.1, -0.05) is 0 Å². The highest BCUT2D eigenvalue weighted by molar-refractivity contribution is 5.78. The standard InChI is InChI=1S/C12H16N2O5/c1-14(17)12(16)13-6-9-4-8(7-15)5-10(18-2)11(9)19-3/h4-5,7,17H,6H2,1-3H3,(H,13,16). The van der Waals surface area contributed by atoms with Gasteiger partial charge in [-0.15, -0.1) is 0 Å². The minimum absolute atomic E-state index is 0.0882. The van der Waals surface area contributed by atoms with Crippen LogP contribution in [0.4, 0.5) is 4.79 Å². The van der Waals surface area contributed by atoms with Crippen molar-refractivity contribution in [2.24, 2.45) is 0 Å². The Labute approximate surface area is 110 Å². The Balaban J connectivity index is 3.03. The maximum atomic E-state index is 11.2. The van der Waals surface area contributed by atoms with E-state index in [-0.39, 0.29) is 6.54 Å². The third-order valence-electron chi connectivity index (χ3n) is 2.44. The maximum absolute atomic E-state index is 11.2. The zero-order valence-corrected chi connectivity index (χ0v) is 11.0. The first kappa shape index (κ1) is 14.8. The van der Waals surface area contributed by atoms with Gasteiger partial charge in [0.2, 0.25) is 0 Å². The van der Waals surface area contributed by atoms with Gasteiger partial charge < -0.3 is 14.8 Å². The first-order valence-corrected chi connectivity index (χ1v) is 5.44. The summed E-state index contributed by atoms with van der Waals surface area (Å²) >= 11 is 0. The number of nitrogens with one attached hydrogen (secondary N) is 1. The van der Waals surface area contributed by atoms with Crippen molar-refractivity contribution in [3.8, 4) is 11.5 Å². The molecule has 0 aliphatic heterocycles. The summed E-state index contributed by atoms with van der Waals surface area (Å²) in [5, 5.41) is 11.8. The SMILES string of the molecule is COc1cc(C=O)cc(CNC(=O)N(C)O)c1OC. The Morgan fingerprint density at radius 2 is 2.11 bits per heavy atom. The number of nitrogens with zero attached hydrogens (tertiary/aromatic N) is 1. The van der Waals surface area contributed by atoms with Crippen LogP contribution in [-0.2, 0) is 6.54 Å². The Morgan fingerprint density at radius 1 is 1.42 bits per heavy atom. The molecular weight excluding hydrogens is 252 g/mol. The van der Waals surface area contributed by atoms with Gasteiger partial charge >= 0.3 is 6.03 Å². The minimum atomic E-state index is -0.669. The number of methoxy groups -OCH3 is 2. The molecule has 0 fully saturated rings. The van der Waals surface area contributed by atoms with E-state index in [0.29, 0.717) is 34.0 Å². The summed E-state index contributed by atoms with van der Waals surface area (Å²) in [6, 6.07) is 2.44. The molecule has 1 aromatic carbocycles. The van der Waals surface area contributed by atoms with Crippen LogP contribution in [0.3, 0.4) is 0 Å². The molecule has 1 aromatic rings. The second-order valence-corrected chi connectivity index (χ2v) is 3.72. The van der Waals surface area contributed by atoms with E-state index in [2.05, 4.69) is 5.32 Å². The summed E-state index contributed by atoms with van der Waals surface area (Å²) in [5.74, 6) is 0.822. The molecule has 0 saturated heterocycles. The van der Waals surface area contributed by atoms with Crippen molar-refractivity contribution < 1.29 is 24.3 Å². The molecule has 0 atom stereocenters. The summed E-state index contributed by atoms with van der Waals surface area (Å²) in [6.07, 6.45) is 0.672. The van der Waals surface area contributed by atoms with Crippen LogP contribution in [-0.4, -0.2) is 43.9 Å². The number of carbonyl (C=O) groups excluding carboxylic acids is 2. The van der Waals surface area contributed by atoms with E-state index in [9.17, 15) is 9.59 Å². The number of urea groups is 1. The monoisotopic (exact) mass is 268 g/mol. The van der Waals surface area contributed by atoms with Crippen LogP contribution in [0.2, 0.25) is 0 Å². The van der Waals surface area contributed by atoms with Gasteiger partial charge in [0, 0.05) is 24.7 Å². The van der Waals surface area contributed by atoms with Gasteiger partial charge in [-0.3, -0.25) is 10.0 Å². The average Bonchev–Trinajstić information content (AvgIpc) is 2.42. The maximum Gasteiger partial charge on any atom is 0.341 e. The molecular formula is C12H16N2O5. The third kappa shape index (κ3) is 3.59. The van der Waals surface area contributed by atoms with Crippen LogP contribution in [0, 0.1) is 0 Å². The van der Waals surface area contributed by atoms with E-state index in [4.69, 9.17) is 14.7 Å². The molecule has 0 radical (unpaired) electrons. The highest BCUT2D eigenvalue weighted by atomic mass is 16.5. The zero-order valence-electron chi connectivity index (χ0n) is 11.0. The molecule has 2 N–H and O–H groups in total. The van der Waals surface area contributed by atoms with Gasteiger partial charge in [0.15, 0.2) is 11.5 Å². The Hall–Kier alpha value is -2.28. The first-order valence-electron chi connectivity index (χ1n) is 5.44. The fourth-order valence-electron chi connectivity index (χ4n) is 1.55. The van der Waals surface area contributed by atoms with Crippen LogP contribution in [0.15, 0.2) is 12.1 Å². The Bertz CT molecular complexity index is 473. The molecule has 0 bridgehead atoms. The molecule has 0 saturated carbocycles. The summed E-state index contributed by atoms with van der Waals surface area (Å²) in [7, 11) is 4.12. The molecule has 7 nitrogen and oxygen atoms in total. The molecule has 0 aliphatic carbocycles. The Morgan fingerprint density at radius 3 is 2.58 bits per heavy atom. The molecule has 0 heterocycles. The van der Waals surface area contributed by atoms with Crippen molar-refractivity contribution in [3.63, 3.8) is 0 Å². The van der Waals surface area contributed by atoms with E-state index in [1.165, 1.54) is 27.3 Å². The molecule has 7 heteroatoms. The van der Waals surface area contributed by atoms with E-state index in [1.807, 2.05) is 0 Å². The van der Waals surface area contributed by atoms with Gasteiger partial charge in [-0.2, -0.15) is 0 Å². The van der Waals surface area contributed by atoms with Gasteiger partial charge in [0.1, 0.15) is 6.29 Å². The number of ether oxygens (including phenoxy) is 2. The fourth-order valence-corrected chi connectivity index (χ4v) is 1.55. The normalized spacial score (nSPS) is 9.68. The molecule has 0 aliphatic rings. The van der Waals surface area contributed by atoms with Crippen molar-refractivity contribution >= 4 is 12.3 Å². The van der Waals surface area contributed by atoms with E-state index < -0.39 is 6.03 Å². The van der Waals surface area contributed by atoms with Gasteiger partial charge in [0.25, 0.3) is 0 Å². The quantitative estimate of drug-likeness (QED) is 0.473. The Kier molecular flexibility index (Phi) is 5.13.